The second-order valence-electron chi connectivity index (χ2n) is 34.6. The van der Waals surface area contributed by atoms with Gasteiger partial charge in [-0.1, -0.05) is 208 Å². The third kappa shape index (κ3) is 21.8. The van der Waals surface area contributed by atoms with Gasteiger partial charge in [-0.2, -0.15) is 0 Å². The highest BCUT2D eigenvalue weighted by Gasteiger charge is 2.62. The molecular formula is C98H121Cl2N3O23. The number of para-hydroxylation sites is 1. The molecule has 8 heterocycles. The van der Waals surface area contributed by atoms with E-state index in [2.05, 4.69) is 36.4 Å². The van der Waals surface area contributed by atoms with Crippen molar-refractivity contribution in [2.45, 2.75) is 250 Å². The molecule has 10 aliphatic rings. The van der Waals surface area contributed by atoms with Crippen LogP contribution >= 0.6 is 23.2 Å². The Morgan fingerprint density at radius 2 is 1.05 bits per heavy atom. The van der Waals surface area contributed by atoms with Crippen LogP contribution in [-0.4, -0.2) is 199 Å². The number of aryl methyl sites for hydroxylation is 1. The van der Waals surface area contributed by atoms with Crippen molar-refractivity contribution in [3.8, 4) is 0 Å². The van der Waals surface area contributed by atoms with Crippen LogP contribution in [0.15, 0.2) is 202 Å². The molecule has 4 bridgehead atoms. The normalized spacial score (nSPS) is 35.7. The van der Waals surface area contributed by atoms with Gasteiger partial charge >= 0.3 is 29.8 Å². The van der Waals surface area contributed by atoms with Gasteiger partial charge in [0.15, 0.2) is 29.8 Å². The summed E-state index contributed by atoms with van der Waals surface area (Å²) in [7, 11) is 2.76. The zero-order valence-electron chi connectivity index (χ0n) is 74.2. The van der Waals surface area contributed by atoms with Gasteiger partial charge in [-0.15, -0.1) is 0 Å². The van der Waals surface area contributed by atoms with Crippen molar-refractivity contribution in [2.75, 3.05) is 46.1 Å². The highest BCUT2D eigenvalue weighted by atomic mass is 35.5. The number of ether oxygens (including phenoxy) is 12. The lowest BCUT2D eigenvalue weighted by Crippen LogP contribution is -2.58. The number of carbonyl (C=O) groups is 5. The number of carbonyl (C=O) groups excluding carboxylic acids is 5. The number of nitrogens with zero attached hydrogens (tertiary/aromatic N) is 2. The molecule has 2 aliphatic carbocycles. The van der Waals surface area contributed by atoms with Gasteiger partial charge in [0.2, 0.25) is 0 Å². The van der Waals surface area contributed by atoms with Gasteiger partial charge < -0.3 is 92.3 Å². The molecule has 6 saturated heterocycles. The lowest BCUT2D eigenvalue weighted by Gasteiger charge is -2.50. The molecule has 5 N–H and O–H groups in total. The summed E-state index contributed by atoms with van der Waals surface area (Å²) in [5, 5.41) is 58.9. The summed E-state index contributed by atoms with van der Waals surface area (Å²) in [6.45, 7) is 23.7. The third-order valence-electron chi connectivity index (χ3n) is 25.7. The number of aliphatic hydroxyl groups excluding tert-OH is 2. The Hall–Kier alpha value is -8.97. The molecule has 26 nitrogen and oxygen atoms in total. The van der Waals surface area contributed by atoms with Gasteiger partial charge in [0.1, 0.15) is 86.1 Å². The number of oxime groups is 2. The monoisotopic (exact) mass is 1780 g/mol. The minimum atomic E-state index is -1.84. The zero-order valence-corrected chi connectivity index (χ0v) is 75.7. The number of anilines is 2. The van der Waals surface area contributed by atoms with Crippen molar-refractivity contribution in [1.82, 2.24) is 0 Å². The van der Waals surface area contributed by atoms with E-state index < -0.39 is 113 Å². The first kappa shape index (κ1) is 96.1. The fourth-order valence-electron chi connectivity index (χ4n) is 18.4. The van der Waals surface area contributed by atoms with Gasteiger partial charge in [0.25, 0.3) is 0 Å². The molecule has 4 aromatic rings. The number of hydrogen-bond acceptors (Lipinski definition) is 26. The van der Waals surface area contributed by atoms with Crippen LogP contribution in [0.25, 0.3) is 0 Å². The highest BCUT2D eigenvalue weighted by molar-refractivity contribution is 6.44. The van der Waals surface area contributed by atoms with Crippen LogP contribution < -0.4 is 5.32 Å². The van der Waals surface area contributed by atoms with Crippen molar-refractivity contribution in [3.63, 3.8) is 0 Å². The molecule has 14 rings (SSSR count). The van der Waals surface area contributed by atoms with E-state index in [4.69, 9.17) is 89.7 Å². The van der Waals surface area contributed by atoms with Crippen molar-refractivity contribution in [1.29, 1.82) is 0 Å². The molecule has 2 spiro atoms. The summed E-state index contributed by atoms with van der Waals surface area (Å²) in [6, 6.07) is 28.5. The van der Waals surface area contributed by atoms with Gasteiger partial charge in [-0.3, -0.25) is 9.59 Å². The van der Waals surface area contributed by atoms with E-state index in [0.29, 0.717) is 130 Å². The summed E-state index contributed by atoms with van der Waals surface area (Å²) in [6.07, 6.45) is 16.7. The molecule has 680 valence electrons. The molecule has 6 fully saturated rings. The second kappa shape index (κ2) is 42.5. The highest BCUT2D eigenvalue weighted by Crippen LogP contribution is 2.51. The average Bonchev–Trinajstić information content (AvgIpc) is 1.55. The Kier molecular flexibility index (Phi) is 32.4. The van der Waals surface area contributed by atoms with Crippen LogP contribution in [0.5, 0.6) is 0 Å². The zero-order chi connectivity index (χ0) is 90.5. The quantitative estimate of drug-likeness (QED) is 0.0140. The van der Waals surface area contributed by atoms with Gasteiger partial charge in [-0.25, -0.2) is 14.4 Å². The topological polar surface area (TPSA) is 332 Å². The first-order valence-corrected chi connectivity index (χ1v) is 44.5. The number of aliphatic hydroxyl groups is 4. The number of fused-ring (bicyclic) bond motifs is 4. The Labute approximate surface area is 747 Å². The minimum absolute atomic E-state index is 0.00166. The molecule has 0 aromatic heterocycles. The predicted molar refractivity (Wildman–Crippen MR) is 474 cm³/mol. The van der Waals surface area contributed by atoms with E-state index in [0.717, 1.165) is 36.0 Å². The minimum Gasteiger partial charge on any atom is -0.462 e. The van der Waals surface area contributed by atoms with Gasteiger partial charge in [0.05, 0.1) is 64.6 Å². The predicted octanol–water partition coefficient (Wildman–Crippen LogP) is 15.8. The number of halogens is 2. The van der Waals surface area contributed by atoms with E-state index in [1.54, 1.807) is 117 Å². The van der Waals surface area contributed by atoms with E-state index >= 15 is 0 Å². The van der Waals surface area contributed by atoms with Crippen LogP contribution in [0.3, 0.4) is 0 Å². The molecule has 4 aromatic carbocycles. The number of hydrogen-bond donors (Lipinski definition) is 5. The number of esters is 5. The summed E-state index contributed by atoms with van der Waals surface area (Å²) >= 11 is 12.5. The standard InChI is InChI=1S/C41H53NO10.C40H51NO10.C17H17Cl2NO3/c1-7-33-24(2)18-19-40(52-33)22-31-21-30(51-40)17-16-26(4)36(50-39(45)34(42-47-6)28-13-9-8-10-14-28)25(3)12-11-15-29-23-48-37-35(43)27(5)20-32(38(44)49-31)41(29,37)46;1-23-17-18-39(50-27(23)5)21-31-20-30(51-39)16-15-25(3)35(49-38(44)33(41-46-6)28-12-8-7-9-13-28)24(2)11-10-14-29-22-47-36-34(42)26(4)19-32(37(43)48-31)40(29,36)45;1-3-22-10-23-17(21)12-6-4-5-7-14(12)20-16-13(18)9-8-11(2)15(16)19/h8-16,20,24-25,30-33,35-37,43,46H,7,17-19,21-23H2,1-6H3;7-15,19,23-24,27,30-32,34-36,42,45H,16-18,20-22H2,1-6H3;4-9,20H,3,10H2,1-2H3/b12-11+,26-16+,29-15+,42-34-;11-10+,25-15+,29-14+,41-33-;/t24-,25-,30+,31-,32-,33+,35+,36+,37+,40+,41+;23-,24-,27+,30+,31-,32-,34+,35+,36+,39-,40+;/m00./s1. The van der Waals surface area contributed by atoms with Crippen LogP contribution in [-0.2, 0) is 85.7 Å². The number of allylic oxidation sites excluding steroid dienone is 4. The third-order valence-corrected chi connectivity index (χ3v) is 26.5. The van der Waals surface area contributed by atoms with E-state index in [1.165, 1.54) is 14.2 Å². The second-order valence-corrected chi connectivity index (χ2v) is 35.4. The summed E-state index contributed by atoms with van der Waals surface area (Å²) in [5.74, 6) is -6.98. The molecule has 8 aliphatic heterocycles. The maximum Gasteiger partial charge on any atom is 0.361 e. The summed E-state index contributed by atoms with van der Waals surface area (Å²) in [5.41, 5.74) is 3.44. The maximum absolute atomic E-state index is 14.1. The number of rotatable bonds is 15. The van der Waals surface area contributed by atoms with Crippen LogP contribution in [0.1, 0.15) is 174 Å². The Bertz CT molecular complexity index is 4870. The van der Waals surface area contributed by atoms with E-state index in [-0.39, 0.29) is 67.7 Å². The largest absolute Gasteiger partial charge is 0.462 e. The molecule has 28 heteroatoms. The fourth-order valence-corrected chi connectivity index (χ4v) is 18.9. The lowest BCUT2D eigenvalue weighted by atomic mass is 9.71. The average molecular weight is 1780 g/mol. The maximum atomic E-state index is 14.1. The molecule has 126 heavy (non-hydrogen) atoms. The van der Waals surface area contributed by atoms with E-state index in [9.17, 15) is 44.4 Å². The van der Waals surface area contributed by atoms with Gasteiger partial charge in [-0.05, 0) is 150 Å². The fraction of sp³-hybridized carbons (Fsp3) is 0.520. The molecule has 0 saturated carbocycles. The van der Waals surface area contributed by atoms with Crippen LogP contribution in [0.2, 0.25) is 10.0 Å². The molecule has 0 unspecified atom stereocenters. The first-order valence-electron chi connectivity index (χ1n) is 43.7. The van der Waals surface area contributed by atoms with Crippen molar-refractivity contribution >= 4 is 75.8 Å². The molecule has 0 radical (unpaired) electrons. The Morgan fingerprint density at radius 1 is 0.579 bits per heavy atom. The van der Waals surface area contributed by atoms with Crippen molar-refractivity contribution < 1.29 is 111 Å². The van der Waals surface area contributed by atoms with E-state index in [1.807, 2.05) is 103 Å². The number of benzene rings is 4. The van der Waals surface area contributed by atoms with Crippen molar-refractivity contribution in [3.05, 3.63) is 224 Å². The van der Waals surface area contributed by atoms with Gasteiger partial charge in [0, 0.05) is 68.1 Å². The lowest BCUT2D eigenvalue weighted by molar-refractivity contribution is -0.335. The van der Waals surface area contributed by atoms with Crippen molar-refractivity contribution in [2.24, 2.45) is 45.8 Å². The Morgan fingerprint density at radius 3 is 1.52 bits per heavy atom. The molecule has 22 atom stereocenters. The smallest absolute Gasteiger partial charge is 0.361 e. The molecule has 0 amide bonds. The van der Waals surface area contributed by atoms with Crippen LogP contribution in [0, 0.1) is 42.4 Å². The first-order chi connectivity index (χ1) is 60.3. The summed E-state index contributed by atoms with van der Waals surface area (Å²) < 4.78 is 73.8. The SMILES string of the molecule is CCOCOC(=O)c1ccccc1Nc1c(Cl)ccc(C)c1Cl.CC[C@H]1O[C@]2(CC[C@@H]1C)C[C@@H]1C[C@@H](C/C=C(\C)[C@H](OC(=O)/C(=N\OC)c3ccccc3)[C@@H](C)/C=C/C=C3\CO[C@@H]4[C@H](O)C(C)=C[C@@H](C(=O)O1)[C@]34O)O2.CO/N=C(\C(=O)O[C@H]1/C(C)=C/C[C@@H]2C[C@@H](C[C@]3(CC[C@H](C)[C@@H](C)O3)O2)OC(=O)[C@@H]2C=C(C)[C@@H](O)[C@H]3OC/C(=C\C=C\[C@@H]1C)[C@]32O)c1ccccc1. The Balaban J connectivity index is 0.000000184. The molecular weight excluding hydrogens is 1660 g/mol. The summed E-state index contributed by atoms with van der Waals surface area (Å²) in [4.78, 5) is 77.9. The number of nitrogens with one attached hydrogen (secondary N) is 1. The van der Waals surface area contributed by atoms with Crippen LogP contribution in [0.4, 0.5) is 11.4 Å².